The summed E-state index contributed by atoms with van der Waals surface area (Å²) < 4.78 is 0. The van der Waals surface area contributed by atoms with E-state index in [1.165, 1.54) is 0 Å². The predicted octanol–water partition coefficient (Wildman–Crippen LogP) is 2.63. The van der Waals surface area contributed by atoms with Crippen LogP contribution in [0.3, 0.4) is 0 Å². The monoisotopic (exact) mass is 237 g/mol. The number of hydrogen-bond donors (Lipinski definition) is 2. The molecular weight excluding hydrogens is 214 g/mol. The SMILES string of the molecule is CCCC(C)(CO)CN(C)c1ccc(O)cc1. The molecule has 0 aliphatic heterocycles. The molecule has 1 rings (SSSR count). The fourth-order valence-corrected chi connectivity index (χ4v) is 2.18. The molecule has 0 saturated carbocycles. The van der Waals surface area contributed by atoms with Crippen molar-refractivity contribution < 1.29 is 10.2 Å². The van der Waals surface area contributed by atoms with Crippen LogP contribution in [0.15, 0.2) is 24.3 Å². The van der Waals surface area contributed by atoms with Crippen LogP contribution in [0, 0.1) is 5.41 Å². The third-order valence-corrected chi connectivity index (χ3v) is 3.14. The summed E-state index contributed by atoms with van der Waals surface area (Å²) in [6, 6.07) is 7.14. The van der Waals surface area contributed by atoms with Gasteiger partial charge in [-0.15, -0.1) is 0 Å². The Bertz CT molecular complexity index is 337. The topological polar surface area (TPSA) is 43.7 Å². The standard InChI is InChI=1S/C14H23NO2/c1-4-9-14(2,11-16)10-15(3)12-5-7-13(17)8-6-12/h5-8,16-17H,4,9-11H2,1-3H3. The van der Waals surface area contributed by atoms with Gasteiger partial charge < -0.3 is 15.1 Å². The molecule has 0 bridgehead atoms. The molecule has 0 spiro atoms. The number of rotatable bonds is 6. The molecule has 0 saturated heterocycles. The van der Waals surface area contributed by atoms with E-state index in [1.807, 2.05) is 19.2 Å². The normalized spacial score (nSPS) is 14.4. The minimum absolute atomic E-state index is 0.0681. The molecule has 96 valence electrons. The lowest BCUT2D eigenvalue weighted by Gasteiger charge is -2.33. The summed E-state index contributed by atoms with van der Waals surface area (Å²) in [5.41, 5.74) is 0.986. The summed E-state index contributed by atoms with van der Waals surface area (Å²) in [6.07, 6.45) is 2.08. The van der Waals surface area contributed by atoms with Gasteiger partial charge in [0.25, 0.3) is 0 Å². The van der Waals surface area contributed by atoms with Crippen LogP contribution < -0.4 is 4.90 Å². The lowest BCUT2D eigenvalue weighted by atomic mass is 9.86. The Labute approximate surface area is 104 Å². The molecule has 1 atom stereocenters. The van der Waals surface area contributed by atoms with Gasteiger partial charge in [-0.05, 0) is 30.7 Å². The van der Waals surface area contributed by atoms with Gasteiger partial charge in [0.2, 0.25) is 0 Å². The fraction of sp³-hybridized carbons (Fsp3) is 0.571. The highest BCUT2D eigenvalue weighted by atomic mass is 16.3. The molecule has 0 radical (unpaired) electrons. The molecule has 1 aromatic rings. The van der Waals surface area contributed by atoms with E-state index >= 15 is 0 Å². The summed E-state index contributed by atoms with van der Waals surface area (Å²) in [5, 5.41) is 18.7. The zero-order valence-electron chi connectivity index (χ0n) is 11.0. The van der Waals surface area contributed by atoms with Gasteiger partial charge in [-0.1, -0.05) is 20.3 Å². The highest BCUT2D eigenvalue weighted by Crippen LogP contribution is 2.26. The van der Waals surface area contributed by atoms with Crippen LogP contribution >= 0.6 is 0 Å². The second kappa shape index (κ2) is 5.92. The number of benzene rings is 1. The van der Waals surface area contributed by atoms with E-state index < -0.39 is 0 Å². The van der Waals surface area contributed by atoms with Crippen LogP contribution in [0.1, 0.15) is 26.7 Å². The number of nitrogens with zero attached hydrogens (tertiary/aromatic N) is 1. The van der Waals surface area contributed by atoms with Gasteiger partial charge in [0.1, 0.15) is 5.75 Å². The minimum atomic E-state index is -0.0681. The molecule has 1 aromatic carbocycles. The maximum Gasteiger partial charge on any atom is 0.115 e. The maximum atomic E-state index is 9.49. The van der Waals surface area contributed by atoms with E-state index in [1.54, 1.807) is 12.1 Å². The van der Waals surface area contributed by atoms with E-state index in [-0.39, 0.29) is 17.8 Å². The van der Waals surface area contributed by atoms with Gasteiger partial charge in [-0.2, -0.15) is 0 Å². The van der Waals surface area contributed by atoms with Crippen molar-refractivity contribution in [2.24, 2.45) is 5.41 Å². The molecule has 0 fully saturated rings. The van der Waals surface area contributed by atoms with Gasteiger partial charge in [0.05, 0.1) is 6.61 Å². The average Bonchev–Trinajstić information content (AvgIpc) is 2.30. The third kappa shape index (κ3) is 3.93. The first-order valence-corrected chi connectivity index (χ1v) is 6.12. The number of aliphatic hydroxyl groups excluding tert-OH is 1. The van der Waals surface area contributed by atoms with Crippen molar-refractivity contribution in [3.05, 3.63) is 24.3 Å². The van der Waals surface area contributed by atoms with Crippen molar-refractivity contribution in [2.75, 3.05) is 25.1 Å². The average molecular weight is 237 g/mol. The van der Waals surface area contributed by atoms with E-state index in [2.05, 4.69) is 18.7 Å². The molecule has 17 heavy (non-hydrogen) atoms. The molecule has 0 heterocycles. The largest absolute Gasteiger partial charge is 0.508 e. The molecule has 2 N–H and O–H groups in total. The number of phenolic OH excluding ortho intramolecular Hbond substituents is 1. The molecule has 1 unspecified atom stereocenters. The van der Waals surface area contributed by atoms with Crippen LogP contribution in [0.2, 0.25) is 0 Å². The second-order valence-electron chi connectivity index (χ2n) is 5.09. The number of aromatic hydroxyl groups is 1. The van der Waals surface area contributed by atoms with Gasteiger partial charge in [0, 0.05) is 24.7 Å². The molecule has 0 aromatic heterocycles. The Morgan fingerprint density at radius 3 is 2.29 bits per heavy atom. The van der Waals surface area contributed by atoms with E-state index in [4.69, 9.17) is 0 Å². The number of anilines is 1. The Morgan fingerprint density at radius 2 is 1.82 bits per heavy atom. The van der Waals surface area contributed by atoms with E-state index in [0.717, 1.165) is 25.1 Å². The van der Waals surface area contributed by atoms with Crippen molar-refractivity contribution in [3.63, 3.8) is 0 Å². The summed E-state index contributed by atoms with van der Waals surface area (Å²) in [6.45, 7) is 5.24. The first-order valence-electron chi connectivity index (χ1n) is 6.12. The second-order valence-corrected chi connectivity index (χ2v) is 5.09. The smallest absolute Gasteiger partial charge is 0.115 e. The lowest BCUT2D eigenvalue weighted by molar-refractivity contribution is 0.138. The van der Waals surface area contributed by atoms with Gasteiger partial charge >= 0.3 is 0 Å². The Kier molecular flexibility index (Phi) is 4.82. The van der Waals surface area contributed by atoms with Crippen molar-refractivity contribution in [3.8, 4) is 5.75 Å². The Balaban J connectivity index is 2.70. The molecule has 3 nitrogen and oxygen atoms in total. The highest BCUT2D eigenvalue weighted by molar-refractivity contribution is 5.48. The number of phenols is 1. The van der Waals surface area contributed by atoms with Crippen LogP contribution in [-0.2, 0) is 0 Å². The van der Waals surface area contributed by atoms with Crippen LogP contribution in [0.5, 0.6) is 5.75 Å². The summed E-state index contributed by atoms with van der Waals surface area (Å²) in [4.78, 5) is 2.12. The van der Waals surface area contributed by atoms with E-state index in [0.29, 0.717) is 0 Å². The molecular formula is C14H23NO2. The third-order valence-electron chi connectivity index (χ3n) is 3.14. The Hall–Kier alpha value is -1.22. The van der Waals surface area contributed by atoms with Crippen molar-refractivity contribution in [1.82, 2.24) is 0 Å². The lowest BCUT2D eigenvalue weighted by Crippen LogP contribution is -2.36. The van der Waals surface area contributed by atoms with Crippen molar-refractivity contribution >= 4 is 5.69 Å². The summed E-state index contributed by atoms with van der Waals surface area (Å²) in [7, 11) is 2.01. The zero-order chi connectivity index (χ0) is 12.9. The zero-order valence-corrected chi connectivity index (χ0v) is 11.0. The first kappa shape index (κ1) is 13.8. The molecule has 0 amide bonds. The number of aliphatic hydroxyl groups is 1. The first-order chi connectivity index (χ1) is 8.00. The highest BCUT2D eigenvalue weighted by Gasteiger charge is 2.24. The fourth-order valence-electron chi connectivity index (χ4n) is 2.18. The predicted molar refractivity (Wildman–Crippen MR) is 71.5 cm³/mol. The maximum absolute atomic E-state index is 9.49. The summed E-state index contributed by atoms with van der Waals surface area (Å²) >= 11 is 0. The van der Waals surface area contributed by atoms with Crippen molar-refractivity contribution in [2.45, 2.75) is 26.7 Å². The molecule has 0 aliphatic rings. The number of hydrogen-bond acceptors (Lipinski definition) is 3. The van der Waals surface area contributed by atoms with Gasteiger partial charge in [-0.25, -0.2) is 0 Å². The van der Waals surface area contributed by atoms with Gasteiger partial charge in [-0.3, -0.25) is 0 Å². The van der Waals surface area contributed by atoms with Crippen LogP contribution in [-0.4, -0.2) is 30.4 Å². The minimum Gasteiger partial charge on any atom is -0.508 e. The quantitative estimate of drug-likeness (QED) is 0.799. The van der Waals surface area contributed by atoms with E-state index in [9.17, 15) is 10.2 Å². The van der Waals surface area contributed by atoms with Gasteiger partial charge in [0.15, 0.2) is 0 Å². The Morgan fingerprint density at radius 1 is 1.24 bits per heavy atom. The molecule has 0 aliphatic carbocycles. The summed E-state index contributed by atoms with van der Waals surface area (Å²) in [5.74, 6) is 0.278. The van der Waals surface area contributed by atoms with Crippen molar-refractivity contribution in [1.29, 1.82) is 0 Å². The molecule has 3 heteroatoms. The van der Waals surface area contributed by atoms with Crippen LogP contribution in [0.4, 0.5) is 5.69 Å². The van der Waals surface area contributed by atoms with Crippen LogP contribution in [0.25, 0.3) is 0 Å².